The van der Waals surface area contributed by atoms with Gasteiger partial charge in [0, 0.05) is 32.1 Å². The number of nitrogens with one attached hydrogen (secondary N) is 3. The van der Waals surface area contributed by atoms with Crippen LogP contribution in [0.15, 0.2) is 47.5 Å². The molecule has 156 valence electrons. The van der Waals surface area contributed by atoms with Gasteiger partial charge in [-0.3, -0.25) is 4.99 Å². The third-order valence-corrected chi connectivity index (χ3v) is 4.19. The molecule has 2 aromatic carbocycles. The van der Waals surface area contributed by atoms with Crippen LogP contribution in [0.4, 0.5) is 8.78 Å². The standard InChI is InChI=1S/C20H23F2N5O.HI/c1-13-7-8-17(28-19(21)22)14(11-13)12-25-20(23-2)24-10-9-18-26-15-5-3-4-6-16(15)27-18;/h3-8,11,19H,9-10,12H2,1-2H3,(H,26,27)(H2,23,24,25);1H. The maximum Gasteiger partial charge on any atom is 0.387 e. The van der Waals surface area contributed by atoms with Crippen LogP contribution >= 0.6 is 24.0 Å². The average molecular weight is 515 g/mol. The second-order valence-corrected chi connectivity index (χ2v) is 6.29. The molecule has 0 unspecified atom stereocenters. The predicted molar refractivity (Wildman–Crippen MR) is 121 cm³/mol. The highest BCUT2D eigenvalue weighted by atomic mass is 127. The van der Waals surface area contributed by atoms with Gasteiger partial charge < -0.3 is 20.4 Å². The molecular formula is C20H24F2IN5O. The summed E-state index contributed by atoms with van der Waals surface area (Å²) in [6.07, 6.45) is 0.694. The molecule has 29 heavy (non-hydrogen) atoms. The molecule has 0 spiro atoms. The second kappa shape index (κ2) is 10.9. The van der Waals surface area contributed by atoms with E-state index >= 15 is 0 Å². The van der Waals surface area contributed by atoms with E-state index in [1.807, 2.05) is 37.3 Å². The number of guanidine groups is 1. The monoisotopic (exact) mass is 515 g/mol. The quantitative estimate of drug-likeness (QED) is 0.253. The molecule has 0 aliphatic heterocycles. The van der Waals surface area contributed by atoms with Crippen LogP contribution < -0.4 is 15.4 Å². The first-order chi connectivity index (χ1) is 13.5. The summed E-state index contributed by atoms with van der Waals surface area (Å²) in [6, 6.07) is 13.0. The largest absolute Gasteiger partial charge is 0.434 e. The number of fused-ring (bicyclic) bond motifs is 1. The van der Waals surface area contributed by atoms with Gasteiger partial charge in [-0.05, 0) is 25.1 Å². The van der Waals surface area contributed by atoms with E-state index in [0.717, 1.165) is 22.4 Å². The number of alkyl halides is 2. The Labute approximate surface area is 185 Å². The molecule has 3 aromatic rings. The second-order valence-electron chi connectivity index (χ2n) is 6.29. The third kappa shape index (κ3) is 6.55. The van der Waals surface area contributed by atoms with Crippen LogP contribution in [0.2, 0.25) is 0 Å². The van der Waals surface area contributed by atoms with Crippen molar-refractivity contribution in [3.8, 4) is 5.75 Å². The van der Waals surface area contributed by atoms with Crippen molar-refractivity contribution < 1.29 is 13.5 Å². The van der Waals surface area contributed by atoms with Crippen molar-refractivity contribution in [1.82, 2.24) is 20.6 Å². The SMILES string of the molecule is CN=C(NCCc1nc2ccccc2[nH]1)NCc1cc(C)ccc1OC(F)F.I. The number of rotatable bonds is 7. The predicted octanol–water partition coefficient (Wildman–Crippen LogP) is 4.00. The lowest BCUT2D eigenvalue weighted by Crippen LogP contribution is -2.38. The Kier molecular flexibility index (Phi) is 8.62. The van der Waals surface area contributed by atoms with Crippen LogP contribution in [0, 0.1) is 6.92 Å². The summed E-state index contributed by atoms with van der Waals surface area (Å²) in [4.78, 5) is 12.0. The van der Waals surface area contributed by atoms with Crippen molar-refractivity contribution in [1.29, 1.82) is 0 Å². The minimum Gasteiger partial charge on any atom is -0.434 e. The lowest BCUT2D eigenvalue weighted by molar-refractivity contribution is -0.0504. The summed E-state index contributed by atoms with van der Waals surface area (Å²) >= 11 is 0. The summed E-state index contributed by atoms with van der Waals surface area (Å²) in [5, 5.41) is 6.32. The van der Waals surface area contributed by atoms with Crippen molar-refractivity contribution in [2.45, 2.75) is 26.5 Å². The topological polar surface area (TPSA) is 74.3 Å². The number of para-hydroxylation sites is 2. The number of aromatic nitrogens is 2. The molecule has 1 aromatic heterocycles. The van der Waals surface area contributed by atoms with Gasteiger partial charge in [-0.25, -0.2) is 4.98 Å². The zero-order chi connectivity index (χ0) is 19.9. The van der Waals surface area contributed by atoms with E-state index < -0.39 is 6.61 Å². The number of aromatic amines is 1. The Morgan fingerprint density at radius 1 is 1.21 bits per heavy atom. The Hall–Kier alpha value is -2.43. The molecule has 0 aliphatic rings. The minimum absolute atomic E-state index is 0. The number of benzene rings is 2. The molecule has 0 saturated carbocycles. The molecular weight excluding hydrogens is 491 g/mol. The maximum absolute atomic E-state index is 12.6. The molecule has 6 nitrogen and oxygen atoms in total. The number of H-pyrrole nitrogens is 1. The van der Waals surface area contributed by atoms with Crippen LogP contribution in [-0.2, 0) is 13.0 Å². The van der Waals surface area contributed by atoms with E-state index in [1.165, 1.54) is 0 Å². The fraction of sp³-hybridized carbons (Fsp3) is 0.300. The molecule has 0 aliphatic carbocycles. The number of aliphatic imine (C=N–C) groups is 1. The summed E-state index contributed by atoms with van der Waals surface area (Å²) in [7, 11) is 1.66. The van der Waals surface area contributed by atoms with Crippen molar-refractivity contribution in [3.63, 3.8) is 0 Å². The van der Waals surface area contributed by atoms with Crippen molar-refractivity contribution in [2.75, 3.05) is 13.6 Å². The lowest BCUT2D eigenvalue weighted by atomic mass is 10.1. The highest BCUT2D eigenvalue weighted by Crippen LogP contribution is 2.22. The number of halogens is 3. The molecule has 0 radical (unpaired) electrons. The fourth-order valence-electron chi connectivity index (χ4n) is 2.88. The highest BCUT2D eigenvalue weighted by Gasteiger charge is 2.10. The molecule has 0 bridgehead atoms. The van der Waals surface area contributed by atoms with Gasteiger partial charge in [-0.1, -0.05) is 29.8 Å². The van der Waals surface area contributed by atoms with Gasteiger partial charge in [0.05, 0.1) is 11.0 Å². The van der Waals surface area contributed by atoms with E-state index in [9.17, 15) is 8.78 Å². The van der Waals surface area contributed by atoms with Gasteiger partial charge in [0.15, 0.2) is 5.96 Å². The molecule has 0 amide bonds. The van der Waals surface area contributed by atoms with Crippen molar-refractivity contribution in [2.24, 2.45) is 4.99 Å². The average Bonchev–Trinajstić information content (AvgIpc) is 3.08. The number of hydrogen-bond donors (Lipinski definition) is 3. The first-order valence-electron chi connectivity index (χ1n) is 8.97. The fourth-order valence-corrected chi connectivity index (χ4v) is 2.88. The van der Waals surface area contributed by atoms with E-state index in [-0.39, 0.29) is 29.7 Å². The van der Waals surface area contributed by atoms with Gasteiger partial charge in [0.2, 0.25) is 0 Å². The first kappa shape index (κ1) is 22.9. The Bertz CT molecular complexity index is 928. The summed E-state index contributed by atoms with van der Waals surface area (Å²) < 4.78 is 29.8. The van der Waals surface area contributed by atoms with Crippen LogP contribution in [0.1, 0.15) is 17.0 Å². The van der Waals surface area contributed by atoms with Gasteiger partial charge in [-0.2, -0.15) is 8.78 Å². The van der Waals surface area contributed by atoms with Gasteiger partial charge in [0.25, 0.3) is 0 Å². The zero-order valence-electron chi connectivity index (χ0n) is 16.2. The Morgan fingerprint density at radius 2 is 2.00 bits per heavy atom. The molecule has 0 saturated heterocycles. The number of aryl methyl sites for hydroxylation is 1. The number of ether oxygens (including phenoxy) is 1. The maximum atomic E-state index is 12.6. The van der Waals surface area contributed by atoms with Gasteiger partial charge >= 0.3 is 6.61 Å². The van der Waals surface area contributed by atoms with Crippen LogP contribution in [0.5, 0.6) is 5.75 Å². The van der Waals surface area contributed by atoms with E-state index in [0.29, 0.717) is 31.0 Å². The van der Waals surface area contributed by atoms with E-state index in [1.54, 1.807) is 19.2 Å². The Balaban J connectivity index is 0.00000300. The van der Waals surface area contributed by atoms with Gasteiger partial charge in [-0.15, -0.1) is 24.0 Å². The molecule has 3 N–H and O–H groups in total. The van der Waals surface area contributed by atoms with Crippen molar-refractivity contribution in [3.05, 3.63) is 59.4 Å². The molecule has 0 atom stereocenters. The van der Waals surface area contributed by atoms with Crippen molar-refractivity contribution >= 4 is 41.0 Å². The lowest BCUT2D eigenvalue weighted by Gasteiger charge is -2.15. The normalized spacial score (nSPS) is 11.4. The molecule has 1 heterocycles. The van der Waals surface area contributed by atoms with E-state index in [4.69, 9.17) is 0 Å². The third-order valence-electron chi connectivity index (χ3n) is 4.19. The molecule has 9 heteroatoms. The number of hydrogen-bond acceptors (Lipinski definition) is 3. The van der Waals surface area contributed by atoms with Gasteiger partial charge in [0.1, 0.15) is 11.6 Å². The van der Waals surface area contributed by atoms with E-state index in [2.05, 4.69) is 30.3 Å². The summed E-state index contributed by atoms with van der Waals surface area (Å²) in [6.45, 7) is -0.0274. The zero-order valence-corrected chi connectivity index (χ0v) is 18.5. The molecule has 3 rings (SSSR count). The number of imidazole rings is 1. The van der Waals surface area contributed by atoms with Crippen LogP contribution in [-0.4, -0.2) is 36.1 Å². The highest BCUT2D eigenvalue weighted by molar-refractivity contribution is 14.0. The summed E-state index contributed by atoms with van der Waals surface area (Å²) in [5.41, 5.74) is 3.55. The Morgan fingerprint density at radius 3 is 2.72 bits per heavy atom. The first-order valence-corrected chi connectivity index (χ1v) is 8.97. The van der Waals surface area contributed by atoms with Crippen LogP contribution in [0.25, 0.3) is 11.0 Å². The number of nitrogens with zero attached hydrogens (tertiary/aromatic N) is 2. The molecule has 0 fully saturated rings. The smallest absolute Gasteiger partial charge is 0.387 e. The summed E-state index contributed by atoms with van der Waals surface area (Å²) in [5.74, 6) is 1.61. The van der Waals surface area contributed by atoms with Crippen LogP contribution in [0.3, 0.4) is 0 Å². The minimum atomic E-state index is -2.86.